The molecule has 0 spiro atoms. The van der Waals surface area contributed by atoms with Crippen molar-refractivity contribution in [1.82, 2.24) is 10.5 Å². The molecule has 2 aliphatic rings. The largest absolute Gasteiger partial charge is 0.469 e. The zero-order chi connectivity index (χ0) is 11.2. The molecule has 0 aliphatic heterocycles. The molecule has 1 saturated carbocycles. The van der Waals surface area contributed by atoms with E-state index in [1.807, 2.05) is 6.07 Å². The van der Waals surface area contributed by atoms with Crippen LogP contribution in [0.25, 0.3) is 11.3 Å². The second kappa shape index (κ2) is 3.47. The Hall–Kier alpha value is -1.55. The summed E-state index contributed by atoms with van der Waals surface area (Å²) in [6.07, 6.45) is 6.25. The van der Waals surface area contributed by atoms with Crippen LogP contribution in [0, 0.1) is 0 Å². The van der Waals surface area contributed by atoms with Gasteiger partial charge >= 0.3 is 0 Å². The second-order valence-corrected chi connectivity index (χ2v) is 4.85. The summed E-state index contributed by atoms with van der Waals surface area (Å²) >= 11 is 0. The van der Waals surface area contributed by atoms with Gasteiger partial charge in [0.15, 0.2) is 5.76 Å². The zero-order valence-electron chi connectivity index (χ0n) is 9.53. The maximum Gasteiger partial charge on any atom is 0.173 e. The van der Waals surface area contributed by atoms with E-state index >= 15 is 0 Å². The predicted octanol–water partition coefficient (Wildman–Crippen LogP) is 2.29. The lowest BCUT2D eigenvalue weighted by atomic mass is 9.95. The van der Waals surface area contributed by atoms with Gasteiger partial charge in [0.1, 0.15) is 11.5 Å². The predicted molar refractivity (Wildman–Crippen MR) is 61.5 cm³/mol. The molecule has 0 aromatic carbocycles. The summed E-state index contributed by atoms with van der Waals surface area (Å²) in [7, 11) is 0. The van der Waals surface area contributed by atoms with Gasteiger partial charge in [0.25, 0.3) is 0 Å². The molecule has 1 fully saturated rings. The fraction of sp³-hybridized carbons (Fsp3) is 0.462. The van der Waals surface area contributed by atoms with Crippen LogP contribution in [0.15, 0.2) is 21.3 Å². The molecule has 2 aromatic heterocycles. The zero-order valence-corrected chi connectivity index (χ0v) is 9.53. The van der Waals surface area contributed by atoms with Crippen molar-refractivity contribution in [2.75, 3.05) is 0 Å². The number of aromatic nitrogens is 1. The Morgan fingerprint density at radius 1 is 1.35 bits per heavy atom. The van der Waals surface area contributed by atoms with Gasteiger partial charge in [-0.05, 0) is 25.3 Å². The van der Waals surface area contributed by atoms with Gasteiger partial charge < -0.3 is 14.3 Å². The second-order valence-electron chi connectivity index (χ2n) is 4.85. The van der Waals surface area contributed by atoms with Crippen molar-refractivity contribution in [3.05, 3.63) is 29.3 Å². The number of furan rings is 1. The normalized spacial score (nSPS) is 17.9. The van der Waals surface area contributed by atoms with Gasteiger partial charge in [-0.3, -0.25) is 0 Å². The summed E-state index contributed by atoms with van der Waals surface area (Å²) in [4.78, 5) is 0. The number of fused-ring (bicyclic) bond motifs is 3. The Bertz CT molecular complexity index is 552. The maximum atomic E-state index is 5.47. The van der Waals surface area contributed by atoms with Crippen molar-refractivity contribution >= 4 is 0 Å². The topological polar surface area (TPSA) is 51.2 Å². The molecule has 0 unspecified atom stereocenters. The van der Waals surface area contributed by atoms with Crippen LogP contribution in [0.4, 0.5) is 0 Å². The lowest BCUT2D eigenvalue weighted by molar-refractivity contribution is 0.416. The maximum absolute atomic E-state index is 5.47. The van der Waals surface area contributed by atoms with E-state index in [0.717, 1.165) is 42.2 Å². The summed E-state index contributed by atoms with van der Waals surface area (Å²) in [6, 6.07) is 2.67. The molecule has 4 nitrogen and oxygen atoms in total. The third-order valence-corrected chi connectivity index (χ3v) is 3.60. The Morgan fingerprint density at radius 3 is 3.18 bits per heavy atom. The Morgan fingerprint density at radius 2 is 2.29 bits per heavy atom. The standard InChI is InChI=1S/C13H14N2O2/c1-2-8(1)14-7-11-9-3-4-12-10(5-6-16-12)13(9)17-15-11/h5-6,8,14H,1-4,7H2. The molecule has 0 bridgehead atoms. The number of aryl methyl sites for hydroxylation is 1. The van der Waals surface area contributed by atoms with Crippen LogP contribution >= 0.6 is 0 Å². The molecule has 17 heavy (non-hydrogen) atoms. The Labute approximate surface area is 99.0 Å². The molecular formula is C13H14N2O2. The van der Waals surface area contributed by atoms with E-state index in [4.69, 9.17) is 8.94 Å². The third kappa shape index (κ3) is 1.52. The molecular weight excluding hydrogens is 216 g/mol. The first-order valence-electron chi connectivity index (χ1n) is 6.19. The molecule has 88 valence electrons. The minimum atomic E-state index is 0.704. The van der Waals surface area contributed by atoms with E-state index in [0.29, 0.717) is 6.04 Å². The average molecular weight is 230 g/mol. The molecule has 0 atom stereocenters. The van der Waals surface area contributed by atoms with Crippen LogP contribution in [-0.2, 0) is 19.4 Å². The van der Waals surface area contributed by atoms with Gasteiger partial charge in [0.05, 0.1) is 11.8 Å². The highest BCUT2D eigenvalue weighted by Gasteiger charge is 2.27. The monoisotopic (exact) mass is 230 g/mol. The lowest BCUT2D eigenvalue weighted by Gasteiger charge is -2.09. The Kier molecular flexibility index (Phi) is 1.93. The lowest BCUT2D eigenvalue weighted by Crippen LogP contribution is -2.17. The minimum Gasteiger partial charge on any atom is -0.469 e. The van der Waals surface area contributed by atoms with Gasteiger partial charge in [-0.25, -0.2) is 0 Å². The van der Waals surface area contributed by atoms with Gasteiger partial charge in [0.2, 0.25) is 0 Å². The summed E-state index contributed by atoms with van der Waals surface area (Å²) in [5, 5.41) is 7.68. The summed E-state index contributed by atoms with van der Waals surface area (Å²) in [5.74, 6) is 1.93. The van der Waals surface area contributed by atoms with E-state index in [1.165, 1.54) is 18.4 Å². The Balaban J connectivity index is 1.67. The highest BCUT2D eigenvalue weighted by Crippen LogP contribution is 2.36. The van der Waals surface area contributed by atoms with E-state index in [1.54, 1.807) is 6.26 Å². The quantitative estimate of drug-likeness (QED) is 0.878. The molecule has 4 rings (SSSR count). The molecule has 2 heterocycles. The highest BCUT2D eigenvalue weighted by atomic mass is 16.5. The van der Waals surface area contributed by atoms with Crippen LogP contribution in [0.2, 0.25) is 0 Å². The van der Waals surface area contributed by atoms with E-state index in [2.05, 4.69) is 10.5 Å². The molecule has 2 aromatic rings. The van der Waals surface area contributed by atoms with E-state index in [-0.39, 0.29) is 0 Å². The number of nitrogens with one attached hydrogen (secondary N) is 1. The molecule has 0 amide bonds. The van der Waals surface area contributed by atoms with Gasteiger partial charge in [-0.15, -0.1) is 0 Å². The molecule has 1 N–H and O–H groups in total. The van der Waals surface area contributed by atoms with Crippen LogP contribution in [-0.4, -0.2) is 11.2 Å². The first-order chi connectivity index (χ1) is 8.42. The van der Waals surface area contributed by atoms with Gasteiger partial charge in [-0.2, -0.15) is 0 Å². The third-order valence-electron chi connectivity index (χ3n) is 3.60. The fourth-order valence-electron chi connectivity index (χ4n) is 2.45. The summed E-state index contributed by atoms with van der Waals surface area (Å²) in [6.45, 7) is 0.830. The fourth-order valence-corrected chi connectivity index (χ4v) is 2.45. The first-order valence-corrected chi connectivity index (χ1v) is 6.19. The molecule has 4 heteroatoms. The minimum absolute atomic E-state index is 0.704. The van der Waals surface area contributed by atoms with Crippen LogP contribution in [0.3, 0.4) is 0 Å². The number of rotatable bonds is 3. The number of nitrogens with zero attached hydrogens (tertiary/aromatic N) is 1. The van der Waals surface area contributed by atoms with Gasteiger partial charge in [0, 0.05) is 24.6 Å². The van der Waals surface area contributed by atoms with Crippen molar-refractivity contribution in [2.24, 2.45) is 0 Å². The van der Waals surface area contributed by atoms with Crippen LogP contribution in [0.5, 0.6) is 0 Å². The highest BCUT2D eigenvalue weighted by molar-refractivity contribution is 5.66. The van der Waals surface area contributed by atoms with E-state index < -0.39 is 0 Å². The number of hydrogen-bond acceptors (Lipinski definition) is 4. The molecule has 2 aliphatic carbocycles. The first kappa shape index (κ1) is 9.48. The van der Waals surface area contributed by atoms with Crippen LogP contribution in [0.1, 0.15) is 29.9 Å². The van der Waals surface area contributed by atoms with E-state index in [9.17, 15) is 0 Å². The molecule has 0 saturated heterocycles. The van der Waals surface area contributed by atoms with Crippen LogP contribution < -0.4 is 5.32 Å². The smallest absolute Gasteiger partial charge is 0.173 e. The molecule has 0 radical (unpaired) electrons. The van der Waals surface area contributed by atoms with Crippen molar-refractivity contribution in [1.29, 1.82) is 0 Å². The van der Waals surface area contributed by atoms with Crippen molar-refractivity contribution in [3.63, 3.8) is 0 Å². The average Bonchev–Trinajstić information content (AvgIpc) is 2.90. The SMILES string of the molecule is c1cc2c(o1)CCc1c(CNC3CC3)noc1-2. The van der Waals surface area contributed by atoms with Crippen molar-refractivity contribution in [2.45, 2.75) is 38.3 Å². The van der Waals surface area contributed by atoms with Gasteiger partial charge in [-0.1, -0.05) is 5.16 Å². The van der Waals surface area contributed by atoms with Crippen molar-refractivity contribution in [3.8, 4) is 11.3 Å². The van der Waals surface area contributed by atoms with Crippen molar-refractivity contribution < 1.29 is 8.94 Å². The summed E-state index contributed by atoms with van der Waals surface area (Å²) in [5.41, 5.74) is 3.40. The number of hydrogen-bond donors (Lipinski definition) is 1. The summed E-state index contributed by atoms with van der Waals surface area (Å²) < 4.78 is 10.9.